The summed E-state index contributed by atoms with van der Waals surface area (Å²) in [5.74, 6) is -1.05. The lowest BCUT2D eigenvalue weighted by atomic mass is 10.1. The Morgan fingerprint density at radius 3 is 2.64 bits per heavy atom. The molecule has 116 valence electrons. The number of hydrogen-bond donors (Lipinski definition) is 3. The molecule has 6 nitrogen and oxygen atoms in total. The second-order valence-electron chi connectivity index (χ2n) is 4.80. The van der Waals surface area contributed by atoms with Crippen molar-refractivity contribution in [2.75, 3.05) is 24.3 Å². The third kappa shape index (κ3) is 3.76. The summed E-state index contributed by atoms with van der Waals surface area (Å²) in [6.07, 6.45) is 0. The SMILES string of the molecule is CN(C)c1ccccc1CNC(=O)Nc1ccsc1C(=O)O. The summed E-state index contributed by atoms with van der Waals surface area (Å²) in [4.78, 5) is 25.0. The Bertz CT molecular complexity index is 682. The Labute approximate surface area is 132 Å². The highest BCUT2D eigenvalue weighted by Gasteiger charge is 2.14. The van der Waals surface area contributed by atoms with Crippen LogP contribution in [0.1, 0.15) is 15.2 Å². The minimum absolute atomic E-state index is 0.115. The quantitative estimate of drug-likeness (QED) is 0.791. The summed E-state index contributed by atoms with van der Waals surface area (Å²) in [6.45, 7) is 0.354. The van der Waals surface area contributed by atoms with E-state index in [0.717, 1.165) is 22.6 Å². The Morgan fingerprint density at radius 1 is 1.23 bits per heavy atom. The lowest BCUT2D eigenvalue weighted by Crippen LogP contribution is -2.29. The van der Waals surface area contributed by atoms with Gasteiger partial charge in [-0.25, -0.2) is 9.59 Å². The lowest BCUT2D eigenvalue weighted by Gasteiger charge is -2.17. The minimum atomic E-state index is -1.05. The number of carbonyl (C=O) groups is 2. The van der Waals surface area contributed by atoms with Gasteiger partial charge in [0.05, 0.1) is 5.69 Å². The fraction of sp³-hybridized carbons (Fsp3) is 0.200. The third-order valence-corrected chi connectivity index (χ3v) is 3.92. The number of carbonyl (C=O) groups excluding carboxylic acids is 1. The number of nitrogens with one attached hydrogen (secondary N) is 2. The molecule has 0 aliphatic rings. The van der Waals surface area contributed by atoms with Crippen LogP contribution in [0, 0.1) is 0 Å². The molecule has 0 fully saturated rings. The van der Waals surface area contributed by atoms with Gasteiger partial charge in [0.15, 0.2) is 0 Å². The molecular weight excluding hydrogens is 302 g/mol. The molecule has 0 unspecified atom stereocenters. The maximum atomic E-state index is 11.9. The van der Waals surface area contributed by atoms with E-state index in [-0.39, 0.29) is 4.88 Å². The number of aromatic carboxylic acids is 1. The van der Waals surface area contributed by atoms with Crippen LogP contribution < -0.4 is 15.5 Å². The number of urea groups is 1. The van der Waals surface area contributed by atoms with Crippen LogP contribution in [-0.4, -0.2) is 31.2 Å². The van der Waals surface area contributed by atoms with E-state index in [9.17, 15) is 9.59 Å². The monoisotopic (exact) mass is 319 g/mol. The molecule has 2 aromatic rings. The van der Waals surface area contributed by atoms with E-state index >= 15 is 0 Å². The molecule has 0 saturated carbocycles. The van der Waals surface area contributed by atoms with Crippen molar-refractivity contribution in [3.8, 4) is 0 Å². The number of carboxylic acids is 1. The van der Waals surface area contributed by atoms with Gasteiger partial charge in [-0.05, 0) is 23.1 Å². The molecule has 2 amide bonds. The van der Waals surface area contributed by atoms with Crippen LogP contribution in [-0.2, 0) is 6.54 Å². The van der Waals surface area contributed by atoms with Crippen molar-refractivity contribution in [1.29, 1.82) is 0 Å². The van der Waals surface area contributed by atoms with E-state index < -0.39 is 12.0 Å². The van der Waals surface area contributed by atoms with Crippen molar-refractivity contribution in [2.45, 2.75) is 6.54 Å². The summed E-state index contributed by atoms with van der Waals surface area (Å²) >= 11 is 1.07. The van der Waals surface area contributed by atoms with Crippen molar-refractivity contribution in [3.05, 3.63) is 46.2 Å². The van der Waals surface area contributed by atoms with E-state index in [1.54, 1.807) is 11.4 Å². The number of thiophene rings is 1. The van der Waals surface area contributed by atoms with Crippen LogP contribution in [0.5, 0.6) is 0 Å². The fourth-order valence-electron chi connectivity index (χ4n) is 2.01. The van der Waals surface area contributed by atoms with Crippen molar-refractivity contribution >= 4 is 34.7 Å². The van der Waals surface area contributed by atoms with Gasteiger partial charge in [-0.15, -0.1) is 11.3 Å². The van der Waals surface area contributed by atoms with Gasteiger partial charge in [0.1, 0.15) is 4.88 Å². The molecule has 0 atom stereocenters. The van der Waals surface area contributed by atoms with E-state index in [0.29, 0.717) is 12.2 Å². The van der Waals surface area contributed by atoms with Crippen LogP contribution >= 0.6 is 11.3 Å². The average Bonchev–Trinajstić information content (AvgIpc) is 2.93. The van der Waals surface area contributed by atoms with Crippen molar-refractivity contribution in [3.63, 3.8) is 0 Å². The molecule has 2 rings (SSSR count). The maximum absolute atomic E-state index is 11.9. The lowest BCUT2D eigenvalue weighted by molar-refractivity contribution is 0.0703. The summed E-state index contributed by atoms with van der Waals surface area (Å²) in [6, 6.07) is 8.88. The number of rotatable bonds is 5. The van der Waals surface area contributed by atoms with E-state index in [4.69, 9.17) is 5.11 Å². The summed E-state index contributed by atoms with van der Waals surface area (Å²) in [7, 11) is 3.87. The zero-order valence-electron chi connectivity index (χ0n) is 12.3. The van der Waals surface area contributed by atoms with Gasteiger partial charge < -0.3 is 20.6 Å². The van der Waals surface area contributed by atoms with Crippen LogP contribution in [0.3, 0.4) is 0 Å². The number of para-hydroxylation sites is 1. The summed E-state index contributed by atoms with van der Waals surface area (Å²) < 4.78 is 0. The Balaban J connectivity index is 1.99. The van der Waals surface area contributed by atoms with E-state index in [2.05, 4.69) is 10.6 Å². The predicted molar refractivity (Wildman–Crippen MR) is 87.9 cm³/mol. The second-order valence-corrected chi connectivity index (χ2v) is 5.72. The zero-order chi connectivity index (χ0) is 16.1. The number of benzene rings is 1. The molecule has 1 aromatic heterocycles. The van der Waals surface area contributed by atoms with E-state index in [1.807, 2.05) is 43.3 Å². The van der Waals surface area contributed by atoms with Crippen LogP contribution in [0.25, 0.3) is 0 Å². The standard InChI is InChI=1S/C15H17N3O3S/c1-18(2)12-6-4-3-5-10(12)9-16-15(21)17-11-7-8-22-13(11)14(19)20/h3-8H,9H2,1-2H3,(H,19,20)(H2,16,17,21). The number of hydrogen-bond acceptors (Lipinski definition) is 4. The average molecular weight is 319 g/mol. The van der Waals surface area contributed by atoms with Gasteiger partial charge >= 0.3 is 12.0 Å². The molecule has 7 heteroatoms. The topological polar surface area (TPSA) is 81.7 Å². The highest BCUT2D eigenvalue weighted by Crippen LogP contribution is 2.22. The zero-order valence-corrected chi connectivity index (χ0v) is 13.1. The first kappa shape index (κ1) is 15.8. The molecule has 0 aliphatic heterocycles. The fourth-order valence-corrected chi connectivity index (χ4v) is 2.70. The molecule has 0 spiro atoms. The second kappa shape index (κ2) is 6.95. The third-order valence-electron chi connectivity index (χ3n) is 3.02. The first-order chi connectivity index (χ1) is 10.5. The molecule has 0 saturated heterocycles. The Kier molecular flexibility index (Phi) is 5.00. The normalized spacial score (nSPS) is 10.1. The van der Waals surface area contributed by atoms with Crippen molar-refractivity contribution in [2.24, 2.45) is 0 Å². The summed E-state index contributed by atoms with van der Waals surface area (Å²) in [5, 5.41) is 15.9. The van der Waals surface area contributed by atoms with Gasteiger partial charge in [0.2, 0.25) is 0 Å². The number of nitrogens with zero attached hydrogens (tertiary/aromatic N) is 1. The van der Waals surface area contributed by atoms with Gasteiger partial charge in [0.25, 0.3) is 0 Å². The van der Waals surface area contributed by atoms with Gasteiger partial charge in [-0.3, -0.25) is 0 Å². The highest BCUT2D eigenvalue weighted by atomic mass is 32.1. The molecule has 0 aliphatic carbocycles. The van der Waals surface area contributed by atoms with Crippen LogP contribution in [0.15, 0.2) is 35.7 Å². The summed E-state index contributed by atoms with van der Waals surface area (Å²) in [5.41, 5.74) is 2.30. The molecule has 0 bridgehead atoms. The van der Waals surface area contributed by atoms with Gasteiger partial charge in [-0.1, -0.05) is 18.2 Å². The number of anilines is 2. The van der Waals surface area contributed by atoms with Gasteiger partial charge in [-0.2, -0.15) is 0 Å². The molecular formula is C15H17N3O3S. The molecule has 1 aromatic carbocycles. The van der Waals surface area contributed by atoms with Crippen molar-refractivity contribution in [1.82, 2.24) is 5.32 Å². The number of carboxylic acid groups (broad SMARTS) is 1. The largest absolute Gasteiger partial charge is 0.477 e. The molecule has 3 N–H and O–H groups in total. The van der Waals surface area contributed by atoms with Crippen molar-refractivity contribution < 1.29 is 14.7 Å². The highest BCUT2D eigenvalue weighted by molar-refractivity contribution is 7.12. The molecule has 1 heterocycles. The molecule has 22 heavy (non-hydrogen) atoms. The maximum Gasteiger partial charge on any atom is 0.348 e. The van der Waals surface area contributed by atoms with Crippen LogP contribution in [0.2, 0.25) is 0 Å². The molecule has 0 radical (unpaired) electrons. The Hall–Kier alpha value is -2.54. The predicted octanol–water partition coefficient (Wildman–Crippen LogP) is 2.83. The van der Waals surface area contributed by atoms with Crippen LogP contribution in [0.4, 0.5) is 16.2 Å². The number of amides is 2. The minimum Gasteiger partial charge on any atom is -0.477 e. The van der Waals surface area contributed by atoms with Gasteiger partial charge in [0, 0.05) is 26.3 Å². The van der Waals surface area contributed by atoms with E-state index in [1.165, 1.54) is 0 Å². The first-order valence-electron chi connectivity index (χ1n) is 6.60. The smallest absolute Gasteiger partial charge is 0.348 e. The first-order valence-corrected chi connectivity index (χ1v) is 7.48. The Morgan fingerprint density at radius 2 is 1.95 bits per heavy atom.